The lowest BCUT2D eigenvalue weighted by molar-refractivity contribution is -0.131. The molecular formula is C24H21BrFNO3. The lowest BCUT2D eigenvalue weighted by atomic mass is 9.78. The molecule has 1 fully saturated rings. The number of halogens is 2. The molecule has 2 unspecified atom stereocenters. The fraction of sp³-hybridized carbons (Fsp3) is 0.208. The number of carbonyl (C=O) groups is 1. The number of phenolic OH excluding ortho intramolecular Hbond substituents is 1. The van der Waals surface area contributed by atoms with E-state index in [9.17, 15) is 19.4 Å². The van der Waals surface area contributed by atoms with Gasteiger partial charge in [0.05, 0.1) is 18.1 Å². The van der Waals surface area contributed by atoms with Gasteiger partial charge in [-0.1, -0.05) is 40.2 Å². The summed E-state index contributed by atoms with van der Waals surface area (Å²) in [4.78, 5) is 14.8. The summed E-state index contributed by atoms with van der Waals surface area (Å²) >= 11 is 3.41. The highest BCUT2D eigenvalue weighted by atomic mass is 79.9. The quantitative estimate of drug-likeness (QED) is 0.467. The molecule has 1 aliphatic heterocycles. The molecule has 30 heavy (non-hydrogen) atoms. The maximum atomic E-state index is 13.1. The molecule has 3 aromatic carbocycles. The smallest absolute Gasteiger partial charge is 0.233 e. The van der Waals surface area contributed by atoms with Gasteiger partial charge in [0.25, 0.3) is 0 Å². The van der Waals surface area contributed by atoms with Crippen molar-refractivity contribution in [2.24, 2.45) is 5.92 Å². The molecule has 4 rings (SSSR count). The van der Waals surface area contributed by atoms with Gasteiger partial charge in [0.2, 0.25) is 5.91 Å². The van der Waals surface area contributed by atoms with Crippen molar-refractivity contribution >= 4 is 27.5 Å². The Morgan fingerprint density at radius 1 is 0.967 bits per heavy atom. The summed E-state index contributed by atoms with van der Waals surface area (Å²) in [5, 5.41) is 20.1. The van der Waals surface area contributed by atoms with Crippen LogP contribution < -0.4 is 4.90 Å². The predicted octanol–water partition coefficient (Wildman–Crippen LogP) is 5.51. The number of carbonyl (C=O) groups excluding carboxylic acids is 1. The van der Waals surface area contributed by atoms with E-state index in [2.05, 4.69) is 15.9 Å². The zero-order chi connectivity index (χ0) is 21.3. The molecule has 4 nitrogen and oxygen atoms in total. The molecule has 6 heteroatoms. The maximum Gasteiger partial charge on any atom is 0.233 e. The van der Waals surface area contributed by atoms with Crippen LogP contribution in [0.1, 0.15) is 36.1 Å². The largest absolute Gasteiger partial charge is 0.508 e. The van der Waals surface area contributed by atoms with E-state index >= 15 is 0 Å². The van der Waals surface area contributed by atoms with Crippen molar-refractivity contribution in [3.05, 3.63) is 94.2 Å². The Bertz CT molecular complexity index is 1020. The number of nitrogens with zero attached hydrogens (tertiary/aromatic N) is 1. The summed E-state index contributed by atoms with van der Waals surface area (Å²) in [6.45, 7) is 0. The zero-order valence-corrected chi connectivity index (χ0v) is 17.7. The molecule has 1 heterocycles. The van der Waals surface area contributed by atoms with Crippen LogP contribution in [-0.4, -0.2) is 16.1 Å². The Morgan fingerprint density at radius 2 is 1.60 bits per heavy atom. The van der Waals surface area contributed by atoms with E-state index in [0.29, 0.717) is 18.4 Å². The Morgan fingerprint density at radius 3 is 2.23 bits per heavy atom. The molecule has 2 N–H and O–H groups in total. The number of benzene rings is 3. The normalized spacial score (nSPS) is 19.4. The Hall–Kier alpha value is -2.70. The number of phenols is 1. The lowest BCUT2D eigenvalue weighted by Crippen LogP contribution is -2.55. The van der Waals surface area contributed by atoms with Gasteiger partial charge < -0.3 is 15.1 Å². The predicted molar refractivity (Wildman–Crippen MR) is 117 cm³/mol. The molecule has 3 atom stereocenters. The number of β-lactam (4-membered cyclic amide) rings is 1. The van der Waals surface area contributed by atoms with Gasteiger partial charge >= 0.3 is 0 Å². The van der Waals surface area contributed by atoms with Gasteiger partial charge in [-0.15, -0.1) is 0 Å². The van der Waals surface area contributed by atoms with E-state index in [4.69, 9.17) is 0 Å². The van der Waals surface area contributed by atoms with Crippen LogP contribution in [0.15, 0.2) is 77.3 Å². The molecule has 0 aromatic heterocycles. The molecule has 1 amide bonds. The SMILES string of the molecule is O=C1[C@H](CCC(O)c2ccc(F)cc2)C(c2ccc(O)cc2)N1c1ccc(Br)cc1. The molecule has 0 bridgehead atoms. The van der Waals surface area contributed by atoms with E-state index < -0.39 is 6.10 Å². The first-order valence-corrected chi connectivity index (χ1v) is 10.5. The summed E-state index contributed by atoms with van der Waals surface area (Å²) in [6.07, 6.45) is 0.126. The summed E-state index contributed by atoms with van der Waals surface area (Å²) in [7, 11) is 0. The number of anilines is 1. The van der Waals surface area contributed by atoms with E-state index in [1.807, 2.05) is 36.4 Å². The molecule has 0 radical (unpaired) electrons. The van der Waals surface area contributed by atoms with E-state index in [1.54, 1.807) is 29.2 Å². The van der Waals surface area contributed by atoms with E-state index in [1.165, 1.54) is 12.1 Å². The van der Waals surface area contributed by atoms with Crippen molar-refractivity contribution in [3.63, 3.8) is 0 Å². The molecule has 3 aromatic rings. The van der Waals surface area contributed by atoms with Crippen LogP contribution in [0.2, 0.25) is 0 Å². The highest BCUT2D eigenvalue weighted by Gasteiger charge is 2.48. The van der Waals surface area contributed by atoms with Crippen LogP contribution in [0.3, 0.4) is 0 Å². The number of aromatic hydroxyl groups is 1. The fourth-order valence-corrected chi connectivity index (χ4v) is 4.23. The average Bonchev–Trinajstić information content (AvgIpc) is 2.74. The molecular weight excluding hydrogens is 449 g/mol. The second-order valence-electron chi connectivity index (χ2n) is 7.47. The average molecular weight is 470 g/mol. The van der Waals surface area contributed by atoms with Gasteiger partial charge in [0.15, 0.2) is 0 Å². The first-order chi connectivity index (χ1) is 14.4. The minimum absolute atomic E-state index is 0.00158. The molecule has 154 valence electrons. The first kappa shape index (κ1) is 20.6. The van der Waals surface area contributed by atoms with Crippen molar-refractivity contribution in [2.75, 3.05) is 4.90 Å². The third-order valence-electron chi connectivity index (χ3n) is 5.56. The van der Waals surface area contributed by atoms with E-state index in [-0.39, 0.29) is 29.4 Å². The number of amides is 1. The summed E-state index contributed by atoms with van der Waals surface area (Å²) in [6, 6.07) is 20.0. The van der Waals surface area contributed by atoms with Crippen molar-refractivity contribution in [2.45, 2.75) is 25.0 Å². The Labute approximate surface area is 182 Å². The van der Waals surface area contributed by atoms with Gasteiger partial charge in [-0.05, 0) is 72.5 Å². The van der Waals surface area contributed by atoms with E-state index in [0.717, 1.165) is 15.7 Å². The highest BCUT2D eigenvalue weighted by molar-refractivity contribution is 9.10. The minimum atomic E-state index is -0.763. The molecule has 0 spiro atoms. The number of aliphatic hydroxyl groups is 1. The minimum Gasteiger partial charge on any atom is -0.508 e. The van der Waals surface area contributed by atoms with Crippen LogP contribution in [0.5, 0.6) is 5.75 Å². The number of rotatable bonds is 6. The van der Waals surface area contributed by atoms with Gasteiger partial charge in [-0.25, -0.2) is 4.39 Å². The summed E-state index contributed by atoms with van der Waals surface area (Å²) in [5.74, 6) is -0.462. The van der Waals surface area contributed by atoms with Gasteiger partial charge in [-0.3, -0.25) is 4.79 Å². The molecule has 0 saturated carbocycles. The number of hydrogen-bond donors (Lipinski definition) is 2. The fourth-order valence-electron chi connectivity index (χ4n) is 3.96. The number of hydrogen-bond acceptors (Lipinski definition) is 3. The van der Waals surface area contributed by atoms with Gasteiger partial charge in [0, 0.05) is 10.2 Å². The topological polar surface area (TPSA) is 60.8 Å². The second kappa shape index (κ2) is 8.58. The van der Waals surface area contributed by atoms with Crippen molar-refractivity contribution in [1.82, 2.24) is 0 Å². The molecule has 1 aliphatic rings. The highest BCUT2D eigenvalue weighted by Crippen LogP contribution is 2.46. The van der Waals surface area contributed by atoms with Crippen LogP contribution in [-0.2, 0) is 4.79 Å². The first-order valence-electron chi connectivity index (χ1n) is 9.75. The van der Waals surface area contributed by atoms with Crippen molar-refractivity contribution in [3.8, 4) is 5.75 Å². The van der Waals surface area contributed by atoms with Crippen molar-refractivity contribution in [1.29, 1.82) is 0 Å². The van der Waals surface area contributed by atoms with Crippen LogP contribution in [0.4, 0.5) is 10.1 Å². The van der Waals surface area contributed by atoms with Crippen LogP contribution in [0, 0.1) is 11.7 Å². The maximum absolute atomic E-state index is 13.1. The Balaban J connectivity index is 1.55. The molecule has 1 saturated heterocycles. The van der Waals surface area contributed by atoms with Crippen LogP contribution >= 0.6 is 15.9 Å². The number of aliphatic hydroxyl groups excluding tert-OH is 1. The summed E-state index contributed by atoms with van der Waals surface area (Å²) < 4.78 is 14.1. The third-order valence-corrected chi connectivity index (χ3v) is 6.09. The molecule has 0 aliphatic carbocycles. The zero-order valence-electron chi connectivity index (χ0n) is 16.1. The van der Waals surface area contributed by atoms with Gasteiger partial charge in [-0.2, -0.15) is 0 Å². The lowest BCUT2D eigenvalue weighted by Gasteiger charge is -2.48. The Kier molecular flexibility index (Phi) is 5.88. The second-order valence-corrected chi connectivity index (χ2v) is 8.39. The van der Waals surface area contributed by atoms with Crippen LogP contribution in [0.25, 0.3) is 0 Å². The van der Waals surface area contributed by atoms with Gasteiger partial charge in [0.1, 0.15) is 11.6 Å². The standard InChI is InChI=1S/C24H21BrFNO3/c25-17-5-9-19(10-6-17)27-23(16-3-11-20(28)12-4-16)21(24(27)30)13-14-22(29)15-1-7-18(26)8-2-15/h1-12,21-23,28-29H,13-14H2/t21-,22?,23?/m1/s1. The summed E-state index contributed by atoms with van der Waals surface area (Å²) in [5.41, 5.74) is 2.36. The monoisotopic (exact) mass is 469 g/mol. The third kappa shape index (κ3) is 4.11. The van der Waals surface area contributed by atoms with Crippen molar-refractivity contribution < 1.29 is 19.4 Å².